The number of hydrogen-bond donors (Lipinski definition) is 0. The molecule has 0 spiro atoms. The molecule has 0 fully saturated rings. The van der Waals surface area contributed by atoms with Crippen molar-refractivity contribution in [1.29, 1.82) is 0 Å². The second-order valence-electron chi connectivity index (χ2n) is 4.67. The van der Waals surface area contributed by atoms with Gasteiger partial charge in [0, 0.05) is 20.4 Å². The van der Waals surface area contributed by atoms with E-state index in [1.54, 1.807) is 12.1 Å². The van der Waals surface area contributed by atoms with Crippen molar-refractivity contribution in [3.8, 4) is 17.0 Å². The second-order valence-corrected chi connectivity index (χ2v) is 6.02. The highest BCUT2D eigenvalue weighted by atomic mass is 79.9. The zero-order valence-corrected chi connectivity index (χ0v) is 12.5. The SMILES string of the molecule is Fc1c2n(c3ccc(Cl)cc13)COc1cc(Br)ccc1-2. The largest absolute Gasteiger partial charge is 0.472 e. The summed E-state index contributed by atoms with van der Waals surface area (Å²) in [4.78, 5) is 0. The third kappa shape index (κ3) is 1.61. The Morgan fingerprint density at radius 2 is 2.05 bits per heavy atom. The van der Waals surface area contributed by atoms with E-state index in [0.717, 1.165) is 15.6 Å². The quantitative estimate of drug-likeness (QED) is 0.541. The van der Waals surface area contributed by atoms with E-state index in [1.165, 1.54) is 0 Å². The highest BCUT2D eigenvalue weighted by Gasteiger charge is 2.25. The fourth-order valence-electron chi connectivity index (χ4n) is 2.63. The first-order chi connectivity index (χ1) is 9.65. The van der Waals surface area contributed by atoms with Gasteiger partial charge in [-0.1, -0.05) is 27.5 Å². The lowest BCUT2D eigenvalue weighted by molar-refractivity contribution is 0.234. The summed E-state index contributed by atoms with van der Waals surface area (Å²) in [6.45, 7) is 0.292. The summed E-state index contributed by atoms with van der Waals surface area (Å²) in [6, 6.07) is 10.8. The Hall–Kier alpha value is -1.52. The predicted octanol–water partition coefficient (Wildman–Crippen LogP) is 5.21. The number of aromatic nitrogens is 1. The molecule has 4 rings (SSSR count). The molecule has 20 heavy (non-hydrogen) atoms. The third-order valence-electron chi connectivity index (χ3n) is 3.51. The first-order valence-electron chi connectivity index (χ1n) is 6.05. The second kappa shape index (κ2) is 4.24. The zero-order valence-electron chi connectivity index (χ0n) is 10.2. The predicted molar refractivity (Wildman–Crippen MR) is 80.7 cm³/mol. The van der Waals surface area contributed by atoms with Gasteiger partial charge in [-0.05, 0) is 36.4 Å². The molecular formula is C15H8BrClFNO. The Balaban J connectivity index is 2.10. The van der Waals surface area contributed by atoms with Crippen LogP contribution in [0.4, 0.5) is 4.39 Å². The molecule has 0 N–H and O–H groups in total. The minimum Gasteiger partial charge on any atom is -0.472 e. The van der Waals surface area contributed by atoms with Crippen LogP contribution in [0, 0.1) is 5.82 Å². The van der Waals surface area contributed by atoms with Crippen LogP contribution < -0.4 is 4.74 Å². The number of benzene rings is 2. The minimum absolute atomic E-state index is 0.255. The number of hydrogen-bond acceptors (Lipinski definition) is 1. The summed E-state index contributed by atoms with van der Waals surface area (Å²) in [7, 11) is 0. The molecule has 0 atom stereocenters. The lowest BCUT2D eigenvalue weighted by Crippen LogP contribution is -2.12. The Morgan fingerprint density at radius 3 is 2.90 bits per heavy atom. The first kappa shape index (κ1) is 12.2. The molecule has 0 unspecified atom stereocenters. The lowest BCUT2D eigenvalue weighted by atomic mass is 10.1. The molecule has 2 aromatic carbocycles. The van der Waals surface area contributed by atoms with Crippen molar-refractivity contribution in [1.82, 2.24) is 4.57 Å². The van der Waals surface area contributed by atoms with Crippen molar-refractivity contribution in [3.05, 3.63) is 51.7 Å². The highest BCUT2D eigenvalue weighted by Crippen LogP contribution is 2.42. The average Bonchev–Trinajstić information content (AvgIpc) is 2.72. The molecule has 0 amide bonds. The van der Waals surface area contributed by atoms with Gasteiger partial charge in [0.15, 0.2) is 12.5 Å². The molecule has 0 saturated carbocycles. The van der Waals surface area contributed by atoms with Gasteiger partial charge in [0.1, 0.15) is 5.75 Å². The van der Waals surface area contributed by atoms with Crippen LogP contribution in [0.25, 0.3) is 22.2 Å². The molecule has 2 nitrogen and oxygen atoms in total. The number of rotatable bonds is 0. The van der Waals surface area contributed by atoms with Gasteiger partial charge in [0.2, 0.25) is 0 Å². The molecule has 0 saturated heterocycles. The summed E-state index contributed by atoms with van der Waals surface area (Å²) < 4.78 is 23.2. The Morgan fingerprint density at radius 1 is 1.20 bits per heavy atom. The molecule has 1 aliphatic rings. The van der Waals surface area contributed by atoms with Crippen molar-refractivity contribution < 1.29 is 9.13 Å². The van der Waals surface area contributed by atoms with Gasteiger partial charge in [-0.15, -0.1) is 0 Å². The summed E-state index contributed by atoms with van der Waals surface area (Å²) in [5, 5.41) is 1.04. The van der Waals surface area contributed by atoms with Crippen molar-refractivity contribution in [3.63, 3.8) is 0 Å². The van der Waals surface area contributed by atoms with Crippen LogP contribution in [-0.4, -0.2) is 4.57 Å². The number of nitrogens with zero attached hydrogens (tertiary/aromatic N) is 1. The molecule has 0 radical (unpaired) electrons. The fraction of sp³-hybridized carbons (Fsp3) is 0.0667. The van der Waals surface area contributed by atoms with Crippen molar-refractivity contribution >= 4 is 38.4 Å². The standard InChI is InChI=1S/C15H8BrClFNO/c16-8-1-3-10-13(5-8)20-7-19-12-4-2-9(17)6-11(12)14(18)15(10)19/h1-6H,7H2. The van der Waals surface area contributed by atoms with Gasteiger partial charge in [0.25, 0.3) is 0 Å². The summed E-state index contributed by atoms with van der Waals surface area (Å²) in [5.41, 5.74) is 2.09. The van der Waals surface area contributed by atoms with Gasteiger partial charge in [0.05, 0.1) is 11.2 Å². The Kier molecular flexibility index (Phi) is 2.59. The van der Waals surface area contributed by atoms with Gasteiger partial charge in [-0.2, -0.15) is 0 Å². The van der Waals surface area contributed by atoms with Crippen LogP contribution in [0.3, 0.4) is 0 Å². The molecule has 0 bridgehead atoms. The monoisotopic (exact) mass is 351 g/mol. The van der Waals surface area contributed by atoms with Crippen LogP contribution >= 0.6 is 27.5 Å². The Bertz CT molecular complexity index is 859. The summed E-state index contributed by atoms with van der Waals surface area (Å²) >= 11 is 9.36. The maximum absolute atomic E-state index is 14.7. The van der Waals surface area contributed by atoms with Crippen molar-refractivity contribution in [2.24, 2.45) is 0 Å². The number of fused-ring (bicyclic) bond motifs is 5. The molecule has 100 valence electrons. The first-order valence-corrected chi connectivity index (χ1v) is 7.22. The zero-order chi connectivity index (χ0) is 13.9. The highest BCUT2D eigenvalue weighted by molar-refractivity contribution is 9.10. The maximum Gasteiger partial charge on any atom is 0.165 e. The Labute approximate surface area is 127 Å². The minimum atomic E-state index is -0.255. The van der Waals surface area contributed by atoms with Crippen molar-refractivity contribution in [2.45, 2.75) is 6.73 Å². The molecular weight excluding hydrogens is 345 g/mol. The van der Waals surface area contributed by atoms with Gasteiger partial charge < -0.3 is 9.30 Å². The molecule has 1 aromatic heterocycles. The molecule has 5 heteroatoms. The average molecular weight is 353 g/mol. The van der Waals surface area contributed by atoms with Gasteiger partial charge in [-0.25, -0.2) is 4.39 Å². The van der Waals surface area contributed by atoms with E-state index in [1.807, 2.05) is 28.8 Å². The molecule has 3 aromatic rings. The third-order valence-corrected chi connectivity index (χ3v) is 4.24. The van der Waals surface area contributed by atoms with Crippen LogP contribution in [0.1, 0.15) is 0 Å². The fourth-order valence-corrected chi connectivity index (χ4v) is 3.14. The van der Waals surface area contributed by atoms with Crippen LogP contribution in [0.2, 0.25) is 5.02 Å². The molecule has 0 aliphatic carbocycles. The van der Waals surface area contributed by atoms with E-state index >= 15 is 0 Å². The van der Waals surface area contributed by atoms with Crippen molar-refractivity contribution in [2.75, 3.05) is 0 Å². The van der Waals surface area contributed by atoms with Crippen LogP contribution in [0.15, 0.2) is 40.9 Å². The smallest absolute Gasteiger partial charge is 0.165 e. The van der Waals surface area contributed by atoms with E-state index in [-0.39, 0.29) is 5.82 Å². The van der Waals surface area contributed by atoms with Crippen LogP contribution in [0.5, 0.6) is 5.75 Å². The normalized spacial score (nSPS) is 12.9. The van der Waals surface area contributed by atoms with E-state index in [4.69, 9.17) is 16.3 Å². The van der Waals surface area contributed by atoms with Gasteiger partial charge in [-0.3, -0.25) is 0 Å². The van der Waals surface area contributed by atoms with Crippen LogP contribution in [-0.2, 0) is 6.73 Å². The summed E-state index contributed by atoms with van der Waals surface area (Å²) in [6.07, 6.45) is 0. The maximum atomic E-state index is 14.7. The van der Waals surface area contributed by atoms with E-state index in [9.17, 15) is 4.39 Å². The van der Waals surface area contributed by atoms with Gasteiger partial charge >= 0.3 is 0 Å². The lowest BCUT2D eigenvalue weighted by Gasteiger charge is -2.21. The van der Waals surface area contributed by atoms with E-state index in [0.29, 0.717) is 28.6 Å². The number of halogens is 3. The summed E-state index contributed by atoms with van der Waals surface area (Å²) in [5.74, 6) is 0.425. The van der Waals surface area contributed by atoms with E-state index in [2.05, 4.69) is 15.9 Å². The topological polar surface area (TPSA) is 14.2 Å². The van der Waals surface area contributed by atoms with E-state index < -0.39 is 0 Å². The molecule has 2 heterocycles. The number of ether oxygens (including phenoxy) is 1. The molecule has 1 aliphatic heterocycles.